The Balaban J connectivity index is 2.71. The normalized spacial score (nSPS) is 10.0. The van der Waals surface area contributed by atoms with Gasteiger partial charge in [0.1, 0.15) is 0 Å². The highest BCUT2D eigenvalue weighted by Crippen LogP contribution is 2.27. The highest BCUT2D eigenvalue weighted by atomic mass is 32.1. The first-order valence-corrected chi connectivity index (χ1v) is 5.73. The van der Waals surface area contributed by atoms with E-state index in [0.717, 1.165) is 5.56 Å². The summed E-state index contributed by atoms with van der Waals surface area (Å²) in [5, 5.41) is -0.00660. The number of amides is 1. The molecule has 0 aliphatic heterocycles. The molecule has 102 valence electrons. The number of nitrogens with two attached hydrogens (primary N) is 1. The maximum atomic E-state index is 11.4. The van der Waals surface area contributed by atoms with Crippen LogP contribution in [-0.4, -0.2) is 25.2 Å². The Morgan fingerprint density at radius 1 is 1.26 bits per heavy atom. The van der Waals surface area contributed by atoms with E-state index in [0.29, 0.717) is 11.5 Å². The van der Waals surface area contributed by atoms with Gasteiger partial charge in [-0.3, -0.25) is 15.6 Å². The molecule has 1 aromatic rings. The Morgan fingerprint density at radius 3 is 2.53 bits per heavy atom. The number of carbonyl (C=O) groups excluding carboxylic acids is 1. The molecule has 1 rings (SSSR count). The summed E-state index contributed by atoms with van der Waals surface area (Å²) in [7, 11) is 3.10. The van der Waals surface area contributed by atoms with Crippen molar-refractivity contribution in [1.29, 1.82) is 0 Å². The van der Waals surface area contributed by atoms with Crippen LogP contribution in [0.4, 0.5) is 0 Å². The maximum Gasteiger partial charge on any atom is 0.262 e. The van der Waals surface area contributed by atoms with Crippen molar-refractivity contribution < 1.29 is 14.3 Å². The molecule has 0 unspecified atom stereocenters. The van der Waals surface area contributed by atoms with E-state index in [4.69, 9.17) is 15.2 Å². The molecule has 0 heterocycles. The average molecular weight is 281 g/mol. The molecular formula is C12H15N3O3S. The number of hydrogen-bond donors (Lipinski definition) is 3. The minimum atomic E-state index is -0.373. The highest BCUT2D eigenvalue weighted by Gasteiger charge is 2.03. The summed E-state index contributed by atoms with van der Waals surface area (Å²) in [6, 6.07) is 5.30. The largest absolute Gasteiger partial charge is 0.493 e. The number of carbonyl (C=O) groups is 1. The second-order valence-electron chi connectivity index (χ2n) is 3.43. The van der Waals surface area contributed by atoms with Crippen LogP contribution in [-0.2, 0) is 4.79 Å². The lowest BCUT2D eigenvalue weighted by Gasteiger charge is -2.07. The summed E-state index contributed by atoms with van der Waals surface area (Å²) in [4.78, 5) is 11.4. The Bertz CT molecular complexity index is 503. The SMILES string of the molecule is COc1ccc(/C=C/C(=O)NNC(N)=S)cc1OC. The summed E-state index contributed by atoms with van der Waals surface area (Å²) in [6.45, 7) is 0. The third-order valence-electron chi connectivity index (χ3n) is 2.14. The van der Waals surface area contributed by atoms with Gasteiger partial charge >= 0.3 is 0 Å². The van der Waals surface area contributed by atoms with E-state index >= 15 is 0 Å². The molecule has 0 saturated carbocycles. The third-order valence-corrected chi connectivity index (χ3v) is 2.25. The average Bonchev–Trinajstić information content (AvgIpc) is 2.42. The minimum Gasteiger partial charge on any atom is -0.493 e. The summed E-state index contributed by atoms with van der Waals surface area (Å²) in [5.74, 6) is 0.841. The van der Waals surface area contributed by atoms with Crippen LogP contribution in [0.15, 0.2) is 24.3 Å². The van der Waals surface area contributed by atoms with E-state index in [1.54, 1.807) is 38.5 Å². The molecule has 0 radical (unpaired) electrons. The number of nitrogens with one attached hydrogen (secondary N) is 2. The van der Waals surface area contributed by atoms with E-state index in [-0.39, 0.29) is 11.0 Å². The molecule has 4 N–H and O–H groups in total. The number of rotatable bonds is 4. The van der Waals surface area contributed by atoms with Gasteiger partial charge in [-0.05, 0) is 36.0 Å². The van der Waals surface area contributed by atoms with E-state index < -0.39 is 0 Å². The van der Waals surface area contributed by atoms with Gasteiger partial charge in [0.15, 0.2) is 16.6 Å². The molecule has 0 aromatic heterocycles. The van der Waals surface area contributed by atoms with Gasteiger partial charge in [0.25, 0.3) is 5.91 Å². The zero-order valence-corrected chi connectivity index (χ0v) is 11.4. The molecule has 0 saturated heterocycles. The lowest BCUT2D eigenvalue weighted by Crippen LogP contribution is -2.43. The van der Waals surface area contributed by atoms with E-state index in [9.17, 15) is 4.79 Å². The van der Waals surface area contributed by atoms with E-state index in [1.165, 1.54) is 6.08 Å². The smallest absolute Gasteiger partial charge is 0.262 e. The first-order chi connectivity index (χ1) is 9.06. The van der Waals surface area contributed by atoms with Crippen LogP contribution in [0.25, 0.3) is 6.08 Å². The third kappa shape index (κ3) is 4.84. The van der Waals surface area contributed by atoms with Gasteiger partial charge in [-0.25, -0.2) is 0 Å². The Kier molecular flexibility index (Phi) is 5.62. The fraction of sp³-hybridized carbons (Fsp3) is 0.167. The van der Waals surface area contributed by atoms with Crippen LogP contribution in [0.5, 0.6) is 11.5 Å². The lowest BCUT2D eigenvalue weighted by atomic mass is 10.2. The summed E-state index contributed by atoms with van der Waals surface area (Å²) >= 11 is 4.55. The predicted molar refractivity (Wildman–Crippen MR) is 76.6 cm³/mol. The second-order valence-corrected chi connectivity index (χ2v) is 3.87. The number of hydrazine groups is 1. The van der Waals surface area contributed by atoms with Crippen molar-refractivity contribution in [1.82, 2.24) is 10.9 Å². The van der Waals surface area contributed by atoms with Crippen LogP contribution < -0.4 is 26.1 Å². The van der Waals surface area contributed by atoms with Gasteiger partial charge in [-0.2, -0.15) is 0 Å². The standard InChI is InChI=1S/C12H15N3O3S/c1-17-9-5-3-8(7-10(9)18-2)4-6-11(16)14-15-12(13)19/h3-7H,1-2H3,(H,14,16)(H3,13,15,19)/b6-4+. The van der Waals surface area contributed by atoms with E-state index in [2.05, 4.69) is 23.1 Å². The highest BCUT2D eigenvalue weighted by molar-refractivity contribution is 7.80. The molecule has 0 aliphatic rings. The fourth-order valence-electron chi connectivity index (χ4n) is 1.29. The van der Waals surface area contributed by atoms with Crippen LogP contribution in [0, 0.1) is 0 Å². The van der Waals surface area contributed by atoms with E-state index in [1.807, 2.05) is 0 Å². The lowest BCUT2D eigenvalue weighted by molar-refractivity contribution is -0.116. The molecule has 1 aromatic carbocycles. The van der Waals surface area contributed by atoms with Gasteiger partial charge < -0.3 is 15.2 Å². The number of benzene rings is 1. The van der Waals surface area contributed by atoms with Crippen molar-refractivity contribution in [3.05, 3.63) is 29.8 Å². The monoisotopic (exact) mass is 281 g/mol. The van der Waals surface area contributed by atoms with Gasteiger partial charge in [-0.15, -0.1) is 0 Å². The number of ether oxygens (including phenoxy) is 2. The Labute approximate surface area is 116 Å². The van der Waals surface area contributed by atoms with Crippen molar-refractivity contribution in [2.24, 2.45) is 5.73 Å². The zero-order valence-electron chi connectivity index (χ0n) is 10.6. The number of hydrogen-bond acceptors (Lipinski definition) is 4. The van der Waals surface area contributed by atoms with Crippen LogP contribution in [0.3, 0.4) is 0 Å². The van der Waals surface area contributed by atoms with Crippen molar-refractivity contribution in [3.63, 3.8) is 0 Å². The molecule has 7 heteroatoms. The van der Waals surface area contributed by atoms with Crippen molar-refractivity contribution in [2.45, 2.75) is 0 Å². The Hall–Kier alpha value is -2.28. The van der Waals surface area contributed by atoms with Crippen LogP contribution in [0.2, 0.25) is 0 Å². The molecule has 6 nitrogen and oxygen atoms in total. The summed E-state index contributed by atoms with van der Waals surface area (Å²) in [6.07, 6.45) is 2.96. The molecular weight excluding hydrogens is 266 g/mol. The maximum absolute atomic E-state index is 11.4. The molecule has 0 spiro atoms. The van der Waals surface area contributed by atoms with Crippen LogP contribution in [0.1, 0.15) is 5.56 Å². The topological polar surface area (TPSA) is 85.6 Å². The Morgan fingerprint density at radius 2 is 1.95 bits per heavy atom. The molecule has 0 aliphatic carbocycles. The number of thiocarbonyl (C=S) groups is 1. The fourth-order valence-corrected chi connectivity index (χ4v) is 1.34. The predicted octanol–water partition coefficient (Wildman–Crippen LogP) is 0.581. The molecule has 0 fully saturated rings. The van der Waals surface area contributed by atoms with Gasteiger partial charge in [0, 0.05) is 6.08 Å². The summed E-state index contributed by atoms with van der Waals surface area (Å²) in [5.41, 5.74) is 10.6. The second kappa shape index (κ2) is 7.22. The molecule has 0 atom stereocenters. The van der Waals surface area contributed by atoms with Gasteiger partial charge in [0.05, 0.1) is 14.2 Å². The minimum absolute atomic E-state index is 0.00660. The quantitative estimate of drug-likeness (QED) is 0.425. The van der Waals surface area contributed by atoms with Gasteiger partial charge in [-0.1, -0.05) is 6.07 Å². The molecule has 1 amide bonds. The van der Waals surface area contributed by atoms with Crippen molar-refractivity contribution in [2.75, 3.05) is 14.2 Å². The van der Waals surface area contributed by atoms with Crippen LogP contribution >= 0.6 is 12.2 Å². The van der Waals surface area contributed by atoms with Crippen molar-refractivity contribution >= 4 is 29.3 Å². The summed E-state index contributed by atoms with van der Waals surface area (Å²) < 4.78 is 10.3. The number of methoxy groups -OCH3 is 2. The molecule has 0 bridgehead atoms. The van der Waals surface area contributed by atoms with Crippen molar-refractivity contribution in [3.8, 4) is 11.5 Å². The first kappa shape index (κ1) is 14.8. The molecule has 19 heavy (non-hydrogen) atoms. The first-order valence-electron chi connectivity index (χ1n) is 5.32. The zero-order chi connectivity index (χ0) is 14.3. The van der Waals surface area contributed by atoms with Gasteiger partial charge in [0.2, 0.25) is 0 Å².